The van der Waals surface area contributed by atoms with E-state index in [0.717, 1.165) is 25.7 Å². The van der Waals surface area contributed by atoms with E-state index in [2.05, 4.69) is 5.32 Å². The predicted octanol–water partition coefficient (Wildman–Crippen LogP) is 2.00. The van der Waals surface area contributed by atoms with E-state index >= 15 is 0 Å². The molecule has 1 atom stereocenters. The molecule has 0 saturated heterocycles. The van der Waals surface area contributed by atoms with E-state index < -0.39 is 11.7 Å². The van der Waals surface area contributed by atoms with Crippen LogP contribution in [-0.2, 0) is 9.53 Å². The summed E-state index contributed by atoms with van der Waals surface area (Å²) in [4.78, 5) is 11.9. The summed E-state index contributed by atoms with van der Waals surface area (Å²) in [6.45, 7) is 2.84. The molecule has 0 spiro atoms. The zero-order valence-corrected chi connectivity index (χ0v) is 12.0. The number of amides is 1. The predicted molar refractivity (Wildman–Crippen MR) is 73.8 cm³/mol. The quantitative estimate of drug-likeness (QED) is 0.725. The van der Waals surface area contributed by atoms with Gasteiger partial charge in [0.25, 0.3) is 0 Å². The second kappa shape index (κ2) is 6.71. The van der Waals surface area contributed by atoms with Gasteiger partial charge in [0, 0.05) is 6.54 Å². The van der Waals surface area contributed by atoms with Gasteiger partial charge in [-0.2, -0.15) is 0 Å². The number of hydrogen-bond donors (Lipinski definition) is 2. The molecule has 0 aromatic carbocycles. The summed E-state index contributed by atoms with van der Waals surface area (Å²) in [6, 6.07) is 0. The highest BCUT2D eigenvalue weighted by Gasteiger charge is 2.29. The molecular weight excluding hydrogens is 242 g/mol. The van der Waals surface area contributed by atoms with Crippen LogP contribution in [0.5, 0.6) is 0 Å². The lowest BCUT2D eigenvalue weighted by Crippen LogP contribution is -2.45. The highest BCUT2D eigenvalue weighted by Crippen LogP contribution is 2.29. The van der Waals surface area contributed by atoms with Gasteiger partial charge >= 0.3 is 0 Å². The van der Waals surface area contributed by atoms with Crippen molar-refractivity contribution in [2.75, 3.05) is 13.2 Å². The number of carbonyl (C=O) groups excluding carboxylic acids is 1. The molecule has 110 valence electrons. The molecule has 2 aliphatic carbocycles. The molecular formula is C15H27NO3. The van der Waals surface area contributed by atoms with Crippen molar-refractivity contribution < 1.29 is 14.6 Å². The van der Waals surface area contributed by atoms with Crippen molar-refractivity contribution in [3.05, 3.63) is 0 Å². The van der Waals surface area contributed by atoms with Gasteiger partial charge in [-0.3, -0.25) is 4.79 Å². The van der Waals surface area contributed by atoms with Crippen molar-refractivity contribution >= 4 is 5.91 Å². The normalized spacial score (nSPS) is 24.5. The SMILES string of the molecule is CC(OCC1CC1)C(=O)NCC1(O)CCCCCC1. The van der Waals surface area contributed by atoms with Crippen LogP contribution in [0.4, 0.5) is 0 Å². The molecule has 2 N–H and O–H groups in total. The third kappa shape index (κ3) is 5.11. The van der Waals surface area contributed by atoms with Crippen LogP contribution in [0.25, 0.3) is 0 Å². The molecule has 4 nitrogen and oxygen atoms in total. The van der Waals surface area contributed by atoms with Gasteiger partial charge in [-0.05, 0) is 38.5 Å². The summed E-state index contributed by atoms with van der Waals surface area (Å²) in [5.41, 5.74) is -0.706. The topological polar surface area (TPSA) is 58.6 Å². The second-order valence-electron chi connectivity index (χ2n) is 6.28. The lowest BCUT2D eigenvalue weighted by molar-refractivity contribution is -0.133. The molecule has 2 rings (SSSR count). The molecule has 0 bridgehead atoms. The van der Waals surface area contributed by atoms with Crippen LogP contribution in [0.1, 0.15) is 58.3 Å². The van der Waals surface area contributed by atoms with Gasteiger partial charge in [-0.15, -0.1) is 0 Å². The molecule has 1 amide bonds. The second-order valence-corrected chi connectivity index (χ2v) is 6.28. The van der Waals surface area contributed by atoms with Crippen LogP contribution < -0.4 is 5.32 Å². The van der Waals surface area contributed by atoms with Crippen LogP contribution in [0.15, 0.2) is 0 Å². The Morgan fingerprint density at radius 3 is 2.53 bits per heavy atom. The summed E-state index contributed by atoms with van der Waals surface area (Å²) in [5, 5.41) is 13.3. The summed E-state index contributed by atoms with van der Waals surface area (Å²) in [6.07, 6.45) is 8.14. The van der Waals surface area contributed by atoms with E-state index in [9.17, 15) is 9.90 Å². The molecule has 2 fully saturated rings. The third-order valence-corrected chi connectivity index (χ3v) is 4.27. The molecule has 0 radical (unpaired) electrons. The van der Waals surface area contributed by atoms with Crippen molar-refractivity contribution in [2.45, 2.75) is 70.0 Å². The lowest BCUT2D eigenvalue weighted by Gasteiger charge is -2.27. The van der Waals surface area contributed by atoms with Crippen LogP contribution in [0.3, 0.4) is 0 Å². The number of hydrogen-bond acceptors (Lipinski definition) is 3. The molecule has 4 heteroatoms. The van der Waals surface area contributed by atoms with Crippen molar-refractivity contribution in [2.24, 2.45) is 5.92 Å². The Bertz CT molecular complexity index is 294. The molecule has 2 saturated carbocycles. The molecule has 19 heavy (non-hydrogen) atoms. The van der Waals surface area contributed by atoms with Gasteiger partial charge in [0.1, 0.15) is 6.10 Å². The fourth-order valence-corrected chi connectivity index (χ4v) is 2.60. The van der Waals surface area contributed by atoms with E-state index in [-0.39, 0.29) is 5.91 Å². The first-order valence-electron chi connectivity index (χ1n) is 7.71. The number of nitrogens with one attached hydrogen (secondary N) is 1. The summed E-state index contributed by atoms with van der Waals surface area (Å²) in [7, 11) is 0. The van der Waals surface area contributed by atoms with Crippen LogP contribution >= 0.6 is 0 Å². The summed E-state index contributed by atoms with van der Waals surface area (Å²) < 4.78 is 5.53. The number of aliphatic hydroxyl groups is 1. The third-order valence-electron chi connectivity index (χ3n) is 4.27. The number of carbonyl (C=O) groups is 1. The summed E-state index contributed by atoms with van der Waals surface area (Å²) >= 11 is 0. The fourth-order valence-electron chi connectivity index (χ4n) is 2.60. The summed E-state index contributed by atoms with van der Waals surface area (Å²) in [5.74, 6) is 0.569. The van der Waals surface area contributed by atoms with Crippen molar-refractivity contribution in [3.63, 3.8) is 0 Å². The lowest BCUT2D eigenvalue weighted by atomic mass is 9.94. The molecule has 2 aliphatic rings. The van der Waals surface area contributed by atoms with Gasteiger partial charge in [0.2, 0.25) is 5.91 Å². The molecule has 0 aromatic heterocycles. The smallest absolute Gasteiger partial charge is 0.248 e. The number of rotatable bonds is 6. The maximum atomic E-state index is 11.9. The minimum atomic E-state index is -0.706. The Labute approximate surface area is 115 Å². The van der Waals surface area contributed by atoms with E-state index in [0.29, 0.717) is 19.1 Å². The first kappa shape index (κ1) is 14.8. The highest BCUT2D eigenvalue weighted by atomic mass is 16.5. The molecule has 0 heterocycles. The zero-order chi connectivity index (χ0) is 13.7. The van der Waals surface area contributed by atoms with Gasteiger partial charge in [0.05, 0.1) is 12.2 Å². The first-order chi connectivity index (χ1) is 9.09. The number of ether oxygens (including phenoxy) is 1. The minimum absolute atomic E-state index is 0.0988. The maximum Gasteiger partial charge on any atom is 0.248 e. The Balaban J connectivity index is 1.68. The van der Waals surface area contributed by atoms with E-state index in [4.69, 9.17) is 4.74 Å². The van der Waals surface area contributed by atoms with E-state index in [1.807, 2.05) is 0 Å². The monoisotopic (exact) mass is 269 g/mol. The van der Waals surface area contributed by atoms with E-state index in [1.54, 1.807) is 6.92 Å². The van der Waals surface area contributed by atoms with Crippen LogP contribution in [-0.4, -0.2) is 35.9 Å². The molecule has 1 unspecified atom stereocenters. The zero-order valence-electron chi connectivity index (χ0n) is 12.0. The maximum absolute atomic E-state index is 11.9. The standard InChI is InChI=1S/C15H27NO3/c1-12(19-10-13-6-7-13)14(17)16-11-15(18)8-4-2-3-5-9-15/h12-13,18H,2-11H2,1H3,(H,16,17). The van der Waals surface area contributed by atoms with Gasteiger partial charge in [-0.1, -0.05) is 25.7 Å². The van der Waals surface area contributed by atoms with Crippen LogP contribution in [0, 0.1) is 5.92 Å². The minimum Gasteiger partial charge on any atom is -0.388 e. The largest absolute Gasteiger partial charge is 0.388 e. The first-order valence-corrected chi connectivity index (χ1v) is 7.71. The molecule has 0 aromatic rings. The Kier molecular flexibility index (Phi) is 5.22. The van der Waals surface area contributed by atoms with Crippen LogP contribution in [0.2, 0.25) is 0 Å². The average Bonchev–Trinajstić information content (AvgIpc) is 3.21. The van der Waals surface area contributed by atoms with Gasteiger partial charge in [-0.25, -0.2) is 0 Å². The van der Waals surface area contributed by atoms with Gasteiger partial charge in [0.15, 0.2) is 0 Å². The van der Waals surface area contributed by atoms with Crippen molar-refractivity contribution in [3.8, 4) is 0 Å². The van der Waals surface area contributed by atoms with E-state index in [1.165, 1.54) is 25.7 Å². The van der Waals surface area contributed by atoms with Crippen molar-refractivity contribution in [1.82, 2.24) is 5.32 Å². The molecule has 0 aliphatic heterocycles. The Hall–Kier alpha value is -0.610. The van der Waals surface area contributed by atoms with Gasteiger partial charge < -0.3 is 15.2 Å². The van der Waals surface area contributed by atoms with Crippen molar-refractivity contribution in [1.29, 1.82) is 0 Å². The Morgan fingerprint density at radius 2 is 1.95 bits per heavy atom. The highest BCUT2D eigenvalue weighted by molar-refractivity contribution is 5.80. The fraction of sp³-hybridized carbons (Fsp3) is 0.933. The average molecular weight is 269 g/mol. The Morgan fingerprint density at radius 1 is 1.32 bits per heavy atom.